The fourth-order valence-corrected chi connectivity index (χ4v) is 2.34. The summed E-state index contributed by atoms with van der Waals surface area (Å²) in [5, 5.41) is 3.28. The van der Waals surface area contributed by atoms with E-state index >= 15 is 0 Å². The van der Waals surface area contributed by atoms with Gasteiger partial charge in [-0.3, -0.25) is 0 Å². The maximum absolute atomic E-state index is 13.9. The summed E-state index contributed by atoms with van der Waals surface area (Å²) in [5.41, 5.74) is 1.55. The molecule has 4 heteroatoms. The van der Waals surface area contributed by atoms with Crippen molar-refractivity contribution < 1.29 is 8.81 Å². The van der Waals surface area contributed by atoms with Gasteiger partial charge in [-0.25, -0.2) is 4.39 Å². The molecule has 1 aromatic carbocycles. The van der Waals surface area contributed by atoms with E-state index < -0.39 is 0 Å². The number of aryl methyl sites for hydroxylation is 1. The highest BCUT2D eigenvalue weighted by atomic mass is 79.9. The topological polar surface area (TPSA) is 25.2 Å². The van der Waals surface area contributed by atoms with E-state index in [4.69, 9.17) is 4.42 Å². The van der Waals surface area contributed by atoms with Crippen LogP contribution in [0.15, 0.2) is 39.4 Å². The molecule has 1 atom stereocenters. The highest BCUT2D eigenvalue weighted by molar-refractivity contribution is 9.10. The summed E-state index contributed by atoms with van der Waals surface area (Å²) < 4.78 is 20.1. The van der Waals surface area contributed by atoms with E-state index in [1.54, 1.807) is 18.4 Å². The molecule has 0 spiro atoms. The monoisotopic (exact) mass is 311 g/mol. The van der Waals surface area contributed by atoms with Gasteiger partial charge in [-0.15, -0.1) is 0 Å². The Morgan fingerprint density at radius 3 is 2.78 bits per heavy atom. The van der Waals surface area contributed by atoms with Gasteiger partial charge in [-0.05, 0) is 37.7 Å². The first-order valence-corrected chi connectivity index (χ1v) is 6.64. The molecular weight excluding hydrogens is 297 g/mol. The lowest BCUT2D eigenvalue weighted by molar-refractivity contribution is 0.520. The van der Waals surface area contributed by atoms with Crippen LogP contribution >= 0.6 is 15.9 Å². The molecule has 0 saturated carbocycles. The second-order valence-electron chi connectivity index (χ2n) is 4.15. The maximum atomic E-state index is 13.9. The Balaban J connectivity index is 2.44. The largest absolute Gasteiger partial charge is 0.469 e. The molecule has 1 heterocycles. The van der Waals surface area contributed by atoms with Crippen LogP contribution in [0.5, 0.6) is 0 Å². The van der Waals surface area contributed by atoms with Gasteiger partial charge in [-0.2, -0.15) is 0 Å². The van der Waals surface area contributed by atoms with E-state index in [1.165, 1.54) is 6.07 Å². The molecule has 0 aliphatic heterocycles. The zero-order chi connectivity index (χ0) is 13.1. The average molecular weight is 312 g/mol. The predicted molar refractivity (Wildman–Crippen MR) is 73.1 cm³/mol. The van der Waals surface area contributed by atoms with Crippen molar-refractivity contribution in [2.75, 3.05) is 6.54 Å². The van der Waals surface area contributed by atoms with Crippen LogP contribution in [0, 0.1) is 12.7 Å². The van der Waals surface area contributed by atoms with Crippen LogP contribution in [-0.4, -0.2) is 6.54 Å². The fraction of sp³-hybridized carbons (Fsp3) is 0.286. The minimum atomic E-state index is -0.219. The zero-order valence-electron chi connectivity index (χ0n) is 10.3. The molecule has 0 radical (unpaired) electrons. The summed E-state index contributed by atoms with van der Waals surface area (Å²) in [7, 11) is 0. The van der Waals surface area contributed by atoms with Crippen LogP contribution < -0.4 is 5.32 Å². The van der Waals surface area contributed by atoms with Gasteiger partial charge in [0, 0.05) is 15.6 Å². The Morgan fingerprint density at radius 2 is 2.17 bits per heavy atom. The van der Waals surface area contributed by atoms with Gasteiger partial charge < -0.3 is 9.73 Å². The number of furan rings is 1. The Bertz CT molecular complexity index is 538. The highest BCUT2D eigenvalue weighted by Gasteiger charge is 2.19. The van der Waals surface area contributed by atoms with Gasteiger partial charge in [0.1, 0.15) is 11.6 Å². The first-order chi connectivity index (χ1) is 8.61. The van der Waals surface area contributed by atoms with Crippen molar-refractivity contribution in [3.63, 3.8) is 0 Å². The number of nitrogens with one attached hydrogen (secondary N) is 1. The molecule has 96 valence electrons. The number of hydrogen-bond donors (Lipinski definition) is 1. The Kier molecular flexibility index (Phi) is 4.19. The molecule has 1 N–H and O–H groups in total. The summed E-state index contributed by atoms with van der Waals surface area (Å²) in [6.07, 6.45) is 1.67. The number of halogens is 2. The second kappa shape index (κ2) is 5.67. The van der Waals surface area contributed by atoms with E-state index in [1.807, 2.05) is 19.9 Å². The quantitative estimate of drug-likeness (QED) is 0.916. The van der Waals surface area contributed by atoms with Gasteiger partial charge in [0.05, 0.1) is 12.3 Å². The summed E-state index contributed by atoms with van der Waals surface area (Å²) in [5.74, 6) is 0.603. The maximum Gasteiger partial charge on any atom is 0.128 e. The first-order valence-electron chi connectivity index (χ1n) is 5.85. The summed E-state index contributed by atoms with van der Waals surface area (Å²) >= 11 is 3.38. The Morgan fingerprint density at radius 1 is 1.39 bits per heavy atom. The van der Waals surface area contributed by atoms with Gasteiger partial charge in [0.2, 0.25) is 0 Å². The standard InChI is InChI=1S/C14H15BrFNO/c1-3-17-14(10-6-9(2)18-8-10)12-7-11(15)4-5-13(12)16/h4-8,14,17H,3H2,1-2H3. The highest BCUT2D eigenvalue weighted by Crippen LogP contribution is 2.28. The lowest BCUT2D eigenvalue weighted by Gasteiger charge is -2.17. The normalized spacial score (nSPS) is 12.7. The molecule has 0 aliphatic carbocycles. The van der Waals surface area contributed by atoms with E-state index in [2.05, 4.69) is 21.2 Å². The van der Waals surface area contributed by atoms with Crippen LogP contribution in [0.4, 0.5) is 4.39 Å². The molecule has 0 amide bonds. The molecule has 2 rings (SSSR count). The van der Waals surface area contributed by atoms with Crippen molar-refractivity contribution in [3.05, 3.63) is 57.7 Å². The first kappa shape index (κ1) is 13.3. The SMILES string of the molecule is CCNC(c1coc(C)c1)c1cc(Br)ccc1F. The van der Waals surface area contributed by atoms with Crippen molar-refractivity contribution in [1.82, 2.24) is 5.32 Å². The lowest BCUT2D eigenvalue weighted by atomic mass is 10.0. The molecule has 0 fully saturated rings. The molecule has 2 nitrogen and oxygen atoms in total. The molecule has 0 saturated heterocycles. The molecule has 2 aromatic rings. The van der Waals surface area contributed by atoms with Crippen LogP contribution in [-0.2, 0) is 0 Å². The number of rotatable bonds is 4. The molecule has 18 heavy (non-hydrogen) atoms. The lowest BCUT2D eigenvalue weighted by Crippen LogP contribution is -2.22. The smallest absolute Gasteiger partial charge is 0.128 e. The molecule has 1 aromatic heterocycles. The van der Waals surface area contributed by atoms with Crippen LogP contribution in [0.3, 0.4) is 0 Å². The number of benzene rings is 1. The third-order valence-corrected chi connectivity index (χ3v) is 3.25. The second-order valence-corrected chi connectivity index (χ2v) is 5.06. The Labute approximate surface area is 114 Å². The number of hydrogen-bond acceptors (Lipinski definition) is 2. The average Bonchev–Trinajstić information content (AvgIpc) is 2.76. The minimum absolute atomic E-state index is 0.190. The van der Waals surface area contributed by atoms with Crippen molar-refractivity contribution in [3.8, 4) is 0 Å². The molecule has 0 aliphatic rings. The predicted octanol–water partition coefficient (Wildman–Crippen LogP) is 4.19. The fourth-order valence-electron chi connectivity index (χ4n) is 1.96. The summed E-state index contributed by atoms with van der Waals surface area (Å²) in [6, 6.07) is 6.70. The van der Waals surface area contributed by atoms with Gasteiger partial charge in [0.15, 0.2) is 0 Å². The van der Waals surface area contributed by atoms with E-state index in [9.17, 15) is 4.39 Å². The summed E-state index contributed by atoms with van der Waals surface area (Å²) in [4.78, 5) is 0. The van der Waals surface area contributed by atoms with E-state index in [-0.39, 0.29) is 11.9 Å². The van der Waals surface area contributed by atoms with Gasteiger partial charge in [0.25, 0.3) is 0 Å². The third-order valence-electron chi connectivity index (χ3n) is 2.76. The van der Waals surface area contributed by atoms with Crippen molar-refractivity contribution in [1.29, 1.82) is 0 Å². The zero-order valence-corrected chi connectivity index (χ0v) is 11.9. The Hall–Kier alpha value is -1.13. The van der Waals surface area contributed by atoms with E-state index in [0.717, 1.165) is 22.3 Å². The minimum Gasteiger partial charge on any atom is -0.469 e. The van der Waals surface area contributed by atoms with Crippen molar-refractivity contribution in [2.24, 2.45) is 0 Å². The summed E-state index contributed by atoms with van der Waals surface area (Å²) in [6.45, 7) is 4.63. The van der Waals surface area contributed by atoms with Crippen molar-refractivity contribution >= 4 is 15.9 Å². The third kappa shape index (κ3) is 2.82. The van der Waals surface area contributed by atoms with Gasteiger partial charge >= 0.3 is 0 Å². The molecule has 1 unspecified atom stereocenters. The van der Waals surface area contributed by atoms with Crippen molar-refractivity contribution in [2.45, 2.75) is 19.9 Å². The van der Waals surface area contributed by atoms with Gasteiger partial charge in [-0.1, -0.05) is 22.9 Å². The van der Waals surface area contributed by atoms with Crippen LogP contribution in [0.1, 0.15) is 29.9 Å². The van der Waals surface area contributed by atoms with Crippen LogP contribution in [0.25, 0.3) is 0 Å². The van der Waals surface area contributed by atoms with E-state index in [0.29, 0.717) is 5.56 Å². The molecular formula is C14H15BrFNO. The molecule has 0 bridgehead atoms. The van der Waals surface area contributed by atoms with Crippen LogP contribution in [0.2, 0.25) is 0 Å².